The van der Waals surface area contributed by atoms with Crippen molar-refractivity contribution in [2.75, 3.05) is 19.6 Å². The van der Waals surface area contributed by atoms with E-state index in [-0.39, 0.29) is 17.9 Å². The Kier molecular flexibility index (Phi) is 3.88. The van der Waals surface area contributed by atoms with Crippen LogP contribution < -0.4 is 11.1 Å². The lowest BCUT2D eigenvalue weighted by atomic mass is 10.2. The zero-order valence-electron chi connectivity index (χ0n) is 8.45. The molecule has 5 nitrogen and oxygen atoms in total. The van der Waals surface area contributed by atoms with Crippen molar-refractivity contribution in [1.29, 1.82) is 0 Å². The number of carbonyl (C=O) groups excluding carboxylic acids is 2. The number of primary amides is 1. The SMILES string of the molecule is CC(=O)NCCN1CCC[C@H]1C(N)=O. The van der Waals surface area contributed by atoms with E-state index in [0.29, 0.717) is 13.1 Å². The van der Waals surface area contributed by atoms with Crippen LogP contribution in [-0.2, 0) is 9.59 Å². The highest BCUT2D eigenvalue weighted by molar-refractivity contribution is 5.80. The largest absolute Gasteiger partial charge is 0.368 e. The summed E-state index contributed by atoms with van der Waals surface area (Å²) < 4.78 is 0. The number of nitrogens with zero attached hydrogens (tertiary/aromatic N) is 1. The lowest BCUT2D eigenvalue weighted by Crippen LogP contribution is -2.43. The van der Waals surface area contributed by atoms with Crippen LogP contribution in [0, 0.1) is 0 Å². The Bertz CT molecular complexity index is 230. The molecule has 0 unspecified atom stereocenters. The fourth-order valence-electron chi connectivity index (χ4n) is 1.79. The van der Waals surface area contributed by atoms with Crippen molar-refractivity contribution in [3.05, 3.63) is 0 Å². The van der Waals surface area contributed by atoms with Gasteiger partial charge in [0.2, 0.25) is 11.8 Å². The summed E-state index contributed by atoms with van der Waals surface area (Å²) in [5.41, 5.74) is 5.25. The summed E-state index contributed by atoms with van der Waals surface area (Å²) in [6.07, 6.45) is 1.85. The predicted molar refractivity (Wildman–Crippen MR) is 52.5 cm³/mol. The van der Waals surface area contributed by atoms with Gasteiger partial charge in [0, 0.05) is 20.0 Å². The summed E-state index contributed by atoms with van der Waals surface area (Å²) >= 11 is 0. The van der Waals surface area contributed by atoms with Crippen LogP contribution >= 0.6 is 0 Å². The second-order valence-corrected chi connectivity index (χ2v) is 3.58. The maximum Gasteiger partial charge on any atom is 0.234 e. The Balaban J connectivity index is 2.29. The molecule has 1 saturated heterocycles. The Labute approximate surface area is 83.6 Å². The summed E-state index contributed by atoms with van der Waals surface area (Å²) in [6, 6.07) is -0.135. The number of nitrogens with two attached hydrogens (primary N) is 1. The Morgan fingerprint density at radius 2 is 2.29 bits per heavy atom. The number of likely N-dealkylation sites (tertiary alicyclic amines) is 1. The standard InChI is InChI=1S/C9H17N3O2/c1-7(13)11-4-6-12-5-2-3-8(12)9(10)14/h8H,2-6H2,1H3,(H2,10,14)(H,11,13)/t8-/m0/s1. The van der Waals surface area contributed by atoms with E-state index in [2.05, 4.69) is 5.32 Å². The molecular weight excluding hydrogens is 182 g/mol. The van der Waals surface area contributed by atoms with E-state index < -0.39 is 0 Å². The zero-order valence-corrected chi connectivity index (χ0v) is 8.45. The minimum Gasteiger partial charge on any atom is -0.368 e. The third-order valence-electron chi connectivity index (χ3n) is 2.47. The van der Waals surface area contributed by atoms with Crippen molar-refractivity contribution in [3.63, 3.8) is 0 Å². The molecule has 0 spiro atoms. The van der Waals surface area contributed by atoms with Crippen LogP contribution in [0.2, 0.25) is 0 Å². The van der Waals surface area contributed by atoms with Gasteiger partial charge in [-0.15, -0.1) is 0 Å². The third-order valence-corrected chi connectivity index (χ3v) is 2.47. The molecule has 1 aliphatic heterocycles. The third kappa shape index (κ3) is 2.99. The number of carbonyl (C=O) groups is 2. The first-order valence-corrected chi connectivity index (χ1v) is 4.89. The molecule has 1 heterocycles. The van der Waals surface area contributed by atoms with Crippen LogP contribution in [0.15, 0.2) is 0 Å². The molecule has 1 fully saturated rings. The lowest BCUT2D eigenvalue weighted by molar-refractivity contribution is -0.122. The number of nitrogens with one attached hydrogen (secondary N) is 1. The first-order chi connectivity index (χ1) is 6.61. The highest BCUT2D eigenvalue weighted by Gasteiger charge is 2.28. The smallest absolute Gasteiger partial charge is 0.234 e. The molecule has 0 aromatic rings. The number of hydrogen-bond acceptors (Lipinski definition) is 3. The van der Waals surface area contributed by atoms with E-state index >= 15 is 0 Å². The van der Waals surface area contributed by atoms with Crippen LogP contribution in [0.3, 0.4) is 0 Å². The quantitative estimate of drug-likeness (QED) is 0.614. The number of hydrogen-bond donors (Lipinski definition) is 2. The van der Waals surface area contributed by atoms with Crippen LogP contribution in [0.25, 0.3) is 0 Å². The molecule has 0 saturated carbocycles. The van der Waals surface area contributed by atoms with E-state index in [1.807, 2.05) is 4.90 Å². The topological polar surface area (TPSA) is 75.4 Å². The lowest BCUT2D eigenvalue weighted by Gasteiger charge is -2.21. The van der Waals surface area contributed by atoms with Crippen LogP contribution in [0.1, 0.15) is 19.8 Å². The van der Waals surface area contributed by atoms with Gasteiger partial charge in [-0.3, -0.25) is 14.5 Å². The van der Waals surface area contributed by atoms with Crippen molar-refractivity contribution in [2.24, 2.45) is 5.73 Å². The molecule has 0 aromatic heterocycles. The normalized spacial score (nSPS) is 22.2. The summed E-state index contributed by atoms with van der Waals surface area (Å²) in [6.45, 7) is 3.66. The van der Waals surface area contributed by atoms with Crippen molar-refractivity contribution in [2.45, 2.75) is 25.8 Å². The molecule has 1 aliphatic rings. The molecule has 0 aliphatic carbocycles. The van der Waals surface area contributed by atoms with Crippen molar-refractivity contribution in [3.8, 4) is 0 Å². The predicted octanol–water partition coefficient (Wildman–Crippen LogP) is -0.928. The summed E-state index contributed by atoms with van der Waals surface area (Å²) in [7, 11) is 0. The Morgan fingerprint density at radius 1 is 1.57 bits per heavy atom. The summed E-state index contributed by atoms with van der Waals surface area (Å²) in [5.74, 6) is -0.301. The molecule has 1 rings (SSSR count). The first kappa shape index (κ1) is 11.0. The Morgan fingerprint density at radius 3 is 2.86 bits per heavy atom. The van der Waals surface area contributed by atoms with Gasteiger partial charge >= 0.3 is 0 Å². The van der Waals surface area contributed by atoms with E-state index in [4.69, 9.17) is 5.73 Å². The highest BCUT2D eigenvalue weighted by Crippen LogP contribution is 2.15. The van der Waals surface area contributed by atoms with Gasteiger partial charge in [-0.2, -0.15) is 0 Å². The molecule has 3 N–H and O–H groups in total. The van der Waals surface area contributed by atoms with Gasteiger partial charge in [-0.25, -0.2) is 0 Å². The number of amides is 2. The second kappa shape index (κ2) is 4.95. The van der Waals surface area contributed by atoms with Gasteiger partial charge in [0.05, 0.1) is 6.04 Å². The van der Waals surface area contributed by atoms with Gasteiger partial charge in [-0.05, 0) is 19.4 Å². The molecule has 1 atom stereocenters. The molecule has 0 aromatic carbocycles. The number of rotatable bonds is 4. The van der Waals surface area contributed by atoms with Crippen molar-refractivity contribution >= 4 is 11.8 Å². The van der Waals surface area contributed by atoms with Gasteiger partial charge < -0.3 is 11.1 Å². The molecular formula is C9H17N3O2. The second-order valence-electron chi connectivity index (χ2n) is 3.58. The minimum atomic E-state index is -0.259. The van der Waals surface area contributed by atoms with E-state index in [0.717, 1.165) is 19.4 Å². The minimum absolute atomic E-state index is 0.0418. The summed E-state index contributed by atoms with van der Waals surface area (Å²) in [4.78, 5) is 23.6. The van der Waals surface area contributed by atoms with E-state index in [1.165, 1.54) is 6.92 Å². The Hall–Kier alpha value is -1.10. The van der Waals surface area contributed by atoms with E-state index in [9.17, 15) is 9.59 Å². The van der Waals surface area contributed by atoms with Gasteiger partial charge in [-0.1, -0.05) is 0 Å². The van der Waals surface area contributed by atoms with Gasteiger partial charge in [0.15, 0.2) is 0 Å². The van der Waals surface area contributed by atoms with Crippen molar-refractivity contribution < 1.29 is 9.59 Å². The fraction of sp³-hybridized carbons (Fsp3) is 0.778. The molecule has 2 amide bonds. The van der Waals surface area contributed by atoms with Crippen molar-refractivity contribution in [1.82, 2.24) is 10.2 Å². The van der Waals surface area contributed by atoms with Crippen LogP contribution in [-0.4, -0.2) is 42.4 Å². The highest BCUT2D eigenvalue weighted by atomic mass is 16.2. The summed E-state index contributed by atoms with van der Waals surface area (Å²) in [5, 5.41) is 2.70. The average Bonchev–Trinajstić information content (AvgIpc) is 2.51. The van der Waals surface area contributed by atoms with Gasteiger partial charge in [0.1, 0.15) is 0 Å². The molecule has 5 heteroatoms. The fourth-order valence-corrected chi connectivity index (χ4v) is 1.79. The molecule has 80 valence electrons. The van der Waals surface area contributed by atoms with Crippen LogP contribution in [0.5, 0.6) is 0 Å². The van der Waals surface area contributed by atoms with Gasteiger partial charge in [0.25, 0.3) is 0 Å². The monoisotopic (exact) mass is 199 g/mol. The zero-order chi connectivity index (χ0) is 10.6. The molecule has 14 heavy (non-hydrogen) atoms. The maximum atomic E-state index is 11.0. The first-order valence-electron chi connectivity index (χ1n) is 4.89. The average molecular weight is 199 g/mol. The van der Waals surface area contributed by atoms with E-state index in [1.54, 1.807) is 0 Å². The van der Waals surface area contributed by atoms with Crippen LogP contribution in [0.4, 0.5) is 0 Å². The maximum absolute atomic E-state index is 11.0. The molecule has 0 radical (unpaired) electrons. The molecule has 0 bridgehead atoms.